The molecule has 0 saturated carbocycles. The molecule has 3 aromatic rings. The van der Waals surface area contributed by atoms with Crippen LogP contribution >= 0.6 is 23.2 Å². The molecule has 0 aliphatic heterocycles. The molecule has 0 saturated heterocycles. The normalized spacial score (nSPS) is 12.7. The summed E-state index contributed by atoms with van der Waals surface area (Å²) in [4.78, 5) is 0.100. The van der Waals surface area contributed by atoms with Crippen LogP contribution in [0.3, 0.4) is 0 Å². The van der Waals surface area contributed by atoms with Gasteiger partial charge in [0, 0.05) is 28.2 Å². The average molecular weight is 470 g/mol. The zero-order chi connectivity index (χ0) is 21.7. The van der Waals surface area contributed by atoms with Crippen LogP contribution in [0.2, 0.25) is 10.0 Å². The van der Waals surface area contributed by atoms with E-state index < -0.39 is 16.1 Å². The highest BCUT2D eigenvalue weighted by Gasteiger charge is 2.31. The summed E-state index contributed by atoms with van der Waals surface area (Å²) in [6.07, 6.45) is 2.69. The van der Waals surface area contributed by atoms with Gasteiger partial charge in [-0.3, -0.25) is 4.31 Å². The zero-order valence-corrected chi connectivity index (χ0v) is 18.5. The van der Waals surface area contributed by atoms with Gasteiger partial charge in [-0.05, 0) is 66.6 Å². The molecular weight excluding hydrogens is 449 g/mol. The Kier molecular flexibility index (Phi) is 7.30. The van der Waals surface area contributed by atoms with E-state index in [9.17, 15) is 13.5 Å². The molecule has 0 radical (unpaired) electrons. The van der Waals surface area contributed by atoms with Crippen LogP contribution in [0.15, 0.2) is 53.7 Å². The van der Waals surface area contributed by atoms with E-state index in [4.69, 9.17) is 23.2 Å². The fraction of sp³-hybridized carbons (Fsp3) is 0.316. The molecule has 0 fully saturated rings. The summed E-state index contributed by atoms with van der Waals surface area (Å²) in [7, 11) is -3.95. The van der Waals surface area contributed by atoms with Crippen LogP contribution < -0.4 is 4.31 Å². The second-order valence-corrected chi connectivity index (χ2v) is 9.44. The van der Waals surface area contributed by atoms with Crippen molar-refractivity contribution in [1.82, 2.24) is 20.2 Å². The number of tetrazole rings is 1. The van der Waals surface area contributed by atoms with Gasteiger partial charge in [0.05, 0.1) is 17.2 Å². The summed E-state index contributed by atoms with van der Waals surface area (Å²) in [6, 6.07) is 10.3. The molecular formula is C19H21Cl2N5O3S. The smallest absolute Gasteiger partial charge is 0.264 e. The lowest BCUT2D eigenvalue weighted by molar-refractivity contribution is 0.282. The Morgan fingerprint density at radius 3 is 2.47 bits per heavy atom. The maximum Gasteiger partial charge on any atom is 0.264 e. The lowest BCUT2D eigenvalue weighted by Gasteiger charge is -2.32. The summed E-state index contributed by atoms with van der Waals surface area (Å²) in [5.74, 6) is 0. The SMILES string of the molecule is C[C@H](CCCn1cnnn1)N(c1cc(Cl)ccc1CO)S(=O)(=O)c1ccc(Cl)cc1. The van der Waals surface area contributed by atoms with Gasteiger partial charge in [-0.25, -0.2) is 13.1 Å². The van der Waals surface area contributed by atoms with Crippen molar-refractivity contribution in [2.75, 3.05) is 4.31 Å². The molecule has 0 unspecified atom stereocenters. The van der Waals surface area contributed by atoms with Crippen molar-refractivity contribution in [2.24, 2.45) is 0 Å². The molecule has 0 spiro atoms. The first-order valence-corrected chi connectivity index (χ1v) is 11.4. The summed E-state index contributed by atoms with van der Waals surface area (Å²) >= 11 is 12.1. The second-order valence-electron chi connectivity index (χ2n) is 6.75. The summed E-state index contributed by atoms with van der Waals surface area (Å²) in [6.45, 7) is 2.04. The Morgan fingerprint density at radius 1 is 1.13 bits per heavy atom. The van der Waals surface area contributed by atoms with Gasteiger partial charge in [-0.2, -0.15) is 0 Å². The molecule has 0 aliphatic rings. The Bertz CT molecular complexity index is 1080. The van der Waals surface area contributed by atoms with Gasteiger partial charge in [0.25, 0.3) is 10.0 Å². The van der Waals surface area contributed by atoms with E-state index in [1.54, 1.807) is 22.9 Å². The van der Waals surface area contributed by atoms with E-state index in [0.717, 1.165) is 0 Å². The van der Waals surface area contributed by atoms with Gasteiger partial charge in [0.2, 0.25) is 0 Å². The highest BCUT2D eigenvalue weighted by Crippen LogP contribution is 2.33. The lowest BCUT2D eigenvalue weighted by atomic mass is 10.1. The molecule has 30 heavy (non-hydrogen) atoms. The van der Waals surface area contributed by atoms with Crippen molar-refractivity contribution in [1.29, 1.82) is 0 Å². The molecule has 3 rings (SSSR count). The van der Waals surface area contributed by atoms with E-state index in [0.29, 0.717) is 40.7 Å². The number of anilines is 1. The van der Waals surface area contributed by atoms with Gasteiger partial charge in [-0.1, -0.05) is 29.3 Å². The van der Waals surface area contributed by atoms with E-state index >= 15 is 0 Å². The van der Waals surface area contributed by atoms with Crippen molar-refractivity contribution in [3.05, 3.63) is 64.4 Å². The molecule has 1 N–H and O–H groups in total. The molecule has 160 valence electrons. The van der Waals surface area contributed by atoms with Crippen LogP contribution in [-0.4, -0.2) is 39.8 Å². The first-order valence-electron chi connectivity index (χ1n) is 9.23. The van der Waals surface area contributed by atoms with Crippen molar-refractivity contribution in [3.63, 3.8) is 0 Å². The van der Waals surface area contributed by atoms with Crippen LogP contribution in [0, 0.1) is 0 Å². The summed E-state index contributed by atoms with van der Waals surface area (Å²) < 4.78 is 30.1. The number of hydrogen-bond donors (Lipinski definition) is 1. The standard InChI is InChI=1S/C19H21Cl2N5O3S/c1-14(3-2-10-25-13-22-23-24-25)26(19-11-17(21)5-4-15(19)12-27)30(28,29)18-8-6-16(20)7-9-18/h4-9,11,13-14,27H,2-3,10,12H2,1H3/t14-/m1/s1. The Morgan fingerprint density at radius 2 is 1.83 bits per heavy atom. The molecule has 11 heteroatoms. The van der Waals surface area contributed by atoms with Crippen molar-refractivity contribution >= 4 is 38.9 Å². The molecule has 0 aliphatic carbocycles. The fourth-order valence-corrected chi connectivity index (χ4v) is 5.16. The lowest BCUT2D eigenvalue weighted by Crippen LogP contribution is -2.39. The molecule has 0 amide bonds. The van der Waals surface area contributed by atoms with Crippen molar-refractivity contribution < 1.29 is 13.5 Å². The van der Waals surface area contributed by atoms with Gasteiger partial charge in [0.15, 0.2) is 0 Å². The molecule has 0 bridgehead atoms. The first kappa shape index (κ1) is 22.5. The van der Waals surface area contributed by atoms with Crippen molar-refractivity contribution in [2.45, 2.75) is 43.9 Å². The highest BCUT2D eigenvalue weighted by molar-refractivity contribution is 7.92. The number of halogens is 2. The van der Waals surface area contributed by atoms with Crippen molar-refractivity contribution in [3.8, 4) is 0 Å². The molecule has 1 aromatic heterocycles. The largest absolute Gasteiger partial charge is 0.392 e. The second kappa shape index (κ2) is 9.74. The summed E-state index contributed by atoms with van der Waals surface area (Å²) in [5.41, 5.74) is 0.805. The Labute approximate surface area is 185 Å². The predicted octanol–water partition coefficient (Wildman–Crippen LogP) is 3.54. The minimum atomic E-state index is -3.95. The highest BCUT2D eigenvalue weighted by atomic mass is 35.5. The number of aliphatic hydroxyl groups excluding tert-OH is 1. The molecule has 1 atom stereocenters. The minimum Gasteiger partial charge on any atom is -0.392 e. The third-order valence-electron chi connectivity index (χ3n) is 4.63. The predicted molar refractivity (Wildman–Crippen MR) is 115 cm³/mol. The number of sulfonamides is 1. The Hall–Kier alpha value is -2.20. The monoisotopic (exact) mass is 469 g/mol. The number of aliphatic hydroxyl groups is 1. The van der Waals surface area contributed by atoms with Gasteiger partial charge >= 0.3 is 0 Å². The topological polar surface area (TPSA) is 101 Å². The third kappa shape index (κ3) is 5.10. The fourth-order valence-electron chi connectivity index (χ4n) is 3.15. The number of aromatic nitrogens is 4. The molecule has 8 nitrogen and oxygen atoms in total. The van der Waals surface area contributed by atoms with E-state index in [2.05, 4.69) is 15.5 Å². The maximum atomic E-state index is 13.6. The van der Waals surface area contributed by atoms with E-state index in [1.165, 1.54) is 34.9 Å². The van der Waals surface area contributed by atoms with Crippen LogP contribution in [0.1, 0.15) is 25.3 Å². The zero-order valence-electron chi connectivity index (χ0n) is 16.2. The van der Waals surface area contributed by atoms with Crippen LogP contribution in [0.4, 0.5) is 5.69 Å². The van der Waals surface area contributed by atoms with Gasteiger partial charge in [0.1, 0.15) is 6.33 Å². The van der Waals surface area contributed by atoms with Gasteiger partial charge in [-0.15, -0.1) is 5.10 Å². The van der Waals surface area contributed by atoms with Gasteiger partial charge < -0.3 is 5.11 Å². The maximum absolute atomic E-state index is 13.6. The molecule has 1 heterocycles. The number of benzene rings is 2. The van der Waals surface area contributed by atoms with E-state index in [1.807, 2.05) is 6.92 Å². The first-order chi connectivity index (χ1) is 14.3. The van der Waals surface area contributed by atoms with Crippen LogP contribution in [0.25, 0.3) is 0 Å². The number of aryl methyl sites for hydroxylation is 1. The number of rotatable bonds is 9. The third-order valence-corrected chi connectivity index (χ3v) is 7.06. The van der Waals surface area contributed by atoms with Crippen LogP contribution in [0.5, 0.6) is 0 Å². The average Bonchev–Trinajstić information content (AvgIpc) is 3.22. The Balaban J connectivity index is 1.98. The van der Waals surface area contributed by atoms with E-state index in [-0.39, 0.29) is 11.5 Å². The number of hydrogen-bond acceptors (Lipinski definition) is 6. The summed E-state index contributed by atoms with van der Waals surface area (Å²) in [5, 5.41) is 21.6. The minimum absolute atomic E-state index is 0.100. The number of nitrogens with zero attached hydrogens (tertiary/aromatic N) is 5. The van der Waals surface area contributed by atoms with Crippen LogP contribution in [-0.2, 0) is 23.2 Å². The quantitative estimate of drug-likeness (QED) is 0.514. The molecule has 2 aromatic carbocycles.